The van der Waals surface area contributed by atoms with Crippen LogP contribution in [0.25, 0.3) is 10.9 Å². The predicted octanol–water partition coefficient (Wildman–Crippen LogP) is 0.0935. The fourth-order valence-corrected chi connectivity index (χ4v) is 14.6. The van der Waals surface area contributed by atoms with Gasteiger partial charge in [0.25, 0.3) is 0 Å². The first-order valence-corrected chi connectivity index (χ1v) is 36.3. The molecular weight excluding hydrogens is 1330 g/mol. The SMILES string of the molecule is Cc1ccc(C[C@@H]2NC(=O)[C@H](C3CCCC3)NC(=O)[C@@H](NC(=O)[C@H](Cc3ccc(O)cc3)NC(=O)[C@@H]3CCCN3C(=O)CCN)CSSC[C@@H](C(N)=O)NC(=O)[C@H](CCC(=O)O)NC(=O)[C@H](Cc3c[nH]c4ccccc34)NC(=O)CCCCCNC(=O)[C@H](CCCN=C(N)N)NC2=O)cc1. The molecule has 1 aromatic heterocycles. The van der Waals surface area contributed by atoms with Crippen LogP contribution >= 0.6 is 21.6 Å². The van der Waals surface area contributed by atoms with E-state index >= 15 is 9.59 Å². The number of amides is 11. The molecule has 1 aliphatic carbocycles. The lowest BCUT2D eigenvalue weighted by atomic mass is 9.95. The number of carboxylic acids is 1. The minimum absolute atomic E-state index is 0.0236. The molecule has 0 bridgehead atoms. The number of aliphatic imine (C=N–C) groups is 1. The number of primary amides is 1. The lowest BCUT2D eigenvalue weighted by molar-refractivity contribution is -0.139. The number of aromatic amines is 1. The van der Waals surface area contributed by atoms with Gasteiger partial charge < -0.3 is 90.9 Å². The van der Waals surface area contributed by atoms with Crippen molar-refractivity contribution in [3.8, 4) is 5.75 Å². The summed E-state index contributed by atoms with van der Waals surface area (Å²) in [6.45, 7) is 2.41. The van der Waals surface area contributed by atoms with Crippen molar-refractivity contribution in [2.75, 3.05) is 37.7 Å². The number of phenolic OH excluding ortho intramolecular Hbond substituents is 1. The Morgan fingerprint density at radius 1 is 0.680 bits per heavy atom. The summed E-state index contributed by atoms with van der Waals surface area (Å²) >= 11 is 0. The van der Waals surface area contributed by atoms with Gasteiger partial charge in [0.2, 0.25) is 65.0 Å². The van der Waals surface area contributed by atoms with E-state index < -0.39 is 138 Å². The first-order chi connectivity index (χ1) is 48.0. The lowest BCUT2D eigenvalue weighted by Gasteiger charge is -2.30. The Labute approximate surface area is 587 Å². The third-order valence-electron chi connectivity index (χ3n) is 17.7. The molecule has 30 nitrogen and oxygen atoms in total. The third kappa shape index (κ3) is 24.5. The fraction of sp³-hybridized carbons (Fsp3) is 0.515. The zero-order valence-electron chi connectivity index (χ0n) is 56.1. The quantitative estimate of drug-likeness (QED) is 0.0228. The Morgan fingerprint density at radius 2 is 1.34 bits per heavy atom. The molecular formula is C68H94N16O14S2. The van der Waals surface area contributed by atoms with E-state index in [9.17, 15) is 58.2 Å². The lowest BCUT2D eigenvalue weighted by Crippen LogP contribution is -2.61. The van der Waals surface area contributed by atoms with Crippen LogP contribution in [0, 0.1) is 12.8 Å². The van der Waals surface area contributed by atoms with E-state index in [1.54, 1.807) is 24.4 Å². The molecule has 2 saturated heterocycles. The van der Waals surface area contributed by atoms with Gasteiger partial charge in [-0.25, -0.2) is 0 Å². The highest BCUT2D eigenvalue weighted by Gasteiger charge is 2.40. The number of aliphatic carboxylic acids is 1. The number of nitrogens with two attached hydrogens (primary N) is 4. The summed E-state index contributed by atoms with van der Waals surface area (Å²) in [6.07, 6.45) is 4.65. The van der Waals surface area contributed by atoms with Gasteiger partial charge in [-0.15, -0.1) is 0 Å². The summed E-state index contributed by atoms with van der Waals surface area (Å²) in [5.41, 5.74) is 26.3. The monoisotopic (exact) mass is 1420 g/mol. The zero-order chi connectivity index (χ0) is 72.3. The third-order valence-corrected chi connectivity index (χ3v) is 20.1. The molecule has 3 heterocycles. The van der Waals surface area contributed by atoms with Crippen LogP contribution < -0.4 is 70.8 Å². The maximum absolute atomic E-state index is 15.3. The number of rotatable bonds is 21. The highest BCUT2D eigenvalue weighted by atomic mass is 33.1. The first kappa shape index (κ1) is 77.9. The van der Waals surface area contributed by atoms with Gasteiger partial charge in [-0.05, 0) is 106 Å². The van der Waals surface area contributed by atoms with Gasteiger partial charge in [0, 0.05) is 93.3 Å². The van der Waals surface area contributed by atoms with Gasteiger partial charge in [-0.2, -0.15) is 0 Å². The molecule has 9 atom stereocenters. The van der Waals surface area contributed by atoms with Gasteiger partial charge in [-0.1, -0.05) is 101 Å². The molecule has 0 spiro atoms. The number of nitrogens with one attached hydrogen (secondary N) is 10. The van der Waals surface area contributed by atoms with Crippen molar-refractivity contribution in [3.63, 3.8) is 0 Å². The Hall–Kier alpha value is -9.43. The van der Waals surface area contributed by atoms with Crippen LogP contribution in [-0.4, -0.2) is 189 Å². The molecule has 542 valence electrons. The highest BCUT2D eigenvalue weighted by molar-refractivity contribution is 8.76. The molecule has 100 heavy (non-hydrogen) atoms. The van der Waals surface area contributed by atoms with E-state index in [1.165, 1.54) is 29.2 Å². The second kappa shape index (κ2) is 39.4. The predicted molar refractivity (Wildman–Crippen MR) is 377 cm³/mol. The van der Waals surface area contributed by atoms with Crippen LogP contribution in [0.15, 0.2) is 84.0 Å². The van der Waals surface area contributed by atoms with E-state index in [4.69, 9.17) is 22.9 Å². The van der Waals surface area contributed by atoms with E-state index in [1.807, 2.05) is 37.3 Å². The minimum atomic E-state index is -1.59. The molecule has 20 N–H and O–H groups in total. The van der Waals surface area contributed by atoms with Crippen molar-refractivity contribution in [2.45, 2.75) is 177 Å². The standard InChI is InChI=1S/C68H94N16O14S2/c1-39-18-20-40(21-19-39)33-50-62(93)77-47(15-9-31-74-68(71)72)60(91)73-30-8-2-3-17-55(86)76-51(35-43-36-75-46-14-7-6-13-45(43)46)64(95)78-48(26-27-57(88)89)61(92)81-52(59(70)90)37-99-100-38-53(65(96)83-58(67(98)80-50)42-11-4-5-12-42)82-63(94)49(34-41-22-24-44(85)25-23-41)79-66(97)54-16-10-32-84(54)56(87)28-29-69/h6-7,13-14,18-25,36,42,47-54,58,75,85H,2-5,8-12,15-17,26-35,37-38,69H2,1H3,(H2,70,90)(H,73,91)(H,76,86)(H,77,93)(H,78,95)(H,79,97)(H,80,98)(H,81,92)(H,82,94)(H,83,96)(H,88,89)(H4,71,72,74)/t47-,48-,49-,50-,51-,52-,53-,54-,58-/m0/s1. The number of carbonyl (C=O) groups is 12. The molecule has 3 aliphatic rings. The Kier molecular flexibility index (Phi) is 30.7. The molecule has 2 aliphatic heterocycles. The fourth-order valence-electron chi connectivity index (χ4n) is 12.2. The smallest absolute Gasteiger partial charge is 0.303 e. The zero-order valence-corrected chi connectivity index (χ0v) is 57.7. The van der Waals surface area contributed by atoms with Gasteiger partial charge >= 0.3 is 5.97 Å². The molecule has 1 saturated carbocycles. The molecule has 4 aromatic rings. The number of H-pyrrole nitrogens is 1. The highest BCUT2D eigenvalue weighted by Crippen LogP contribution is 2.30. The average molecular weight is 1420 g/mol. The van der Waals surface area contributed by atoms with Crippen molar-refractivity contribution >= 4 is 109 Å². The maximum Gasteiger partial charge on any atom is 0.303 e. The van der Waals surface area contributed by atoms with E-state index in [2.05, 4.69) is 57.8 Å². The van der Waals surface area contributed by atoms with Crippen LogP contribution in [0.4, 0.5) is 0 Å². The molecule has 3 fully saturated rings. The number of aromatic hydroxyl groups is 1. The van der Waals surface area contributed by atoms with Crippen molar-refractivity contribution in [3.05, 3.63) is 101 Å². The molecule has 0 unspecified atom stereocenters. The molecule has 3 aromatic carbocycles. The number of benzene rings is 3. The molecule has 0 radical (unpaired) electrons. The van der Waals surface area contributed by atoms with Crippen LogP contribution in [0.3, 0.4) is 0 Å². The largest absolute Gasteiger partial charge is 0.508 e. The summed E-state index contributed by atoms with van der Waals surface area (Å²) in [6, 6.07) is 8.15. The second-order valence-corrected chi connectivity index (χ2v) is 27.9. The van der Waals surface area contributed by atoms with Gasteiger partial charge in [0.05, 0.1) is 0 Å². The normalized spacial score (nSPS) is 22.9. The van der Waals surface area contributed by atoms with E-state index in [-0.39, 0.29) is 107 Å². The van der Waals surface area contributed by atoms with Gasteiger partial charge in [-0.3, -0.25) is 62.5 Å². The number of carbonyl (C=O) groups excluding carboxylic acids is 11. The summed E-state index contributed by atoms with van der Waals surface area (Å²) in [5.74, 6) is -10.9. The summed E-state index contributed by atoms with van der Waals surface area (Å²) in [5, 5.41) is 45.7. The number of aryl methyl sites for hydroxylation is 1. The first-order valence-electron chi connectivity index (χ1n) is 33.8. The molecule has 32 heteroatoms. The Balaban J connectivity index is 1.24. The number of fused-ring (bicyclic) bond motifs is 1. The van der Waals surface area contributed by atoms with Crippen LogP contribution in [-0.2, 0) is 76.8 Å². The van der Waals surface area contributed by atoms with Crippen LogP contribution in [0.2, 0.25) is 0 Å². The average Bonchev–Trinajstić information content (AvgIpc) is 1.70. The summed E-state index contributed by atoms with van der Waals surface area (Å²) < 4.78 is 0. The summed E-state index contributed by atoms with van der Waals surface area (Å²) in [7, 11) is 1.87. The van der Waals surface area contributed by atoms with E-state index in [0.717, 1.165) is 38.1 Å². The number of para-hydroxylation sites is 1. The number of nitrogens with zero attached hydrogens (tertiary/aromatic N) is 2. The molecule has 7 rings (SSSR count). The van der Waals surface area contributed by atoms with Crippen molar-refractivity contribution < 1.29 is 67.7 Å². The topological polar surface area (TPSA) is 489 Å². The van der Waals surface area contributed by atoms with Crippen molar-refractivity contribution in [1.82, 2.24) is 57.7 Å². The van der Waals surface area contributed by atoms with Gasteiger partial charge in [0.15, 0.2) is 5.96 Å². The Morgan fingerprint density at radius 3 is 2.03 bits per heavy atom. The Bertz CT molecular complexity index is 3530. The number of aromatic nitrogens is 1. The second-order valence-electron chi connectivity index (χ2n) is 25.4. The molecule has 11 amide bonds. The number of likely N-dealkylation sites (tertiary alicyclic amines) is 1. The maximum atomic E-state index is 15.3. The van der Waals surface area contributed by atoms with Gasteiger partial charge in [0.1, 0.15) is 60.1 Å². The number of carboxylic acid groups (broad SMARTS) is 1. The van der Waals surface area contributed by atoms with E-state index in [0.29, 0.717) is 68.1 Å². The van der Waals surface area contributed by atoms with Crippen molar-refractivity contribution in [2.24, 2.45) is 33.8 Å². The minimum Gasteiger partial charge on any atom is -0.508 e. The van der Waals surface area contributed by atoms with Crippen molar-refractivity contribution in [1.29, 1.82) is 0 Å². The van der Waals surface area contributed by atoms with Crippen LogP contribution in [0.1, 0.15) is 119 Å². The van der Waals surface area contributed by atoms with Crippen LogP contribution in [0.5, 0.6) is 5.75 Å². The number of hydrogen-bond acceptors (Lipinski definition) is 17. The number of hydrogen-bond donors (Lipinski definition) is 16. The summed E-state index contributed by atoms with van der Waals surface area (Å²) in [4.78, 5) is 178. The number of phenols is 1. The number of guanidine groups is 1.